The van der Waals surface area contributed by atoms with E-state index in [-0.39, 0.29) is 11.0 Å². The van der Waals surface area contributed by atoms with Crippen LogP contribution in [0.1, 0.15) is 13.3 Å². The van der Waals surface area contributed by atoms with Gasteiger partial charge in [-0.3, -0.25) is 0 Å². The van der Waals surface area contributed by atoms with Crippen LogP contribution in [0, 0.1) is 0 Å². The summed E-state index contributed by atoms with van der Waals surface area (Å²) in [7, 11) is 1.18. The van der Waals surface area contributed by atoms with E-state index in [4.69, 9.17) is 11.6 Å². The molecule has 1 atom stereocenters. The van der Waals surface area contributed by atoms with Gasteiger partial charge in [0.1, 0.15) is 5.83 Å². The first-order chi connectivity index (χ1) is 5.99. The minimum atomic E-state index is -0.802. The lowest BCUT2D eigenvalue weighted by molar-refractivity contribution is -0.135. The van der Waals surface area contributed by atoms with E-state index >= 15 is 0 Å². The molecule has 0 aromatic carbocycles. The van der Waals surface area contributed by atoms with E-state index in [1.807, 2.05) is 0 Å². The Morgan fingerprint density at radius 2 is 2.31 bits per heavy atom. The smallest absolute Gasteiger partial charge is 0.340 e. The fourth-order valence-electron chi connectivity index (χ4n) is 0.695. The first-order valence-corrected chi connectivity index (χ1v) is 4.20. The van der Waals surface area contributed by atoms with Crippen molar-refractivity contribution < 1.29 is 13.9 Å². The normalized spacial score (nSPS) is 13.7. The largest absolute Gasteiger partial charge is 0.465 e. The number of alkyl halides is 1. The molecule has 0 radical (unpaired) electrons. The molecule has 0 saturated heterocycles. The Morgan fingerprint density at radius 3 is 2.62 bits per heavy atom. The van der Waals surface area contributed by atoms with E-state index in [2.05, 4.69) is 11.3 Å². The molecule has 0 amide bonds. The fourth-order valence-corrected chi connectivity index (χ4v) is 0.784. The van der Waals surface area contributed by atoms with Gasteiger partial charge in [-0.2, -0.15) is 0 Å². The van der Waals surface area contributed by atoms with Gasteiger partial charge in [0, 0.05) is 5.38 Å². The Kier molecular flexibility index (Phi) is 5.39. The van der Waals surface area contributed by atoms with Gasteiger partial charge in [-0.05, 0) is 13.3 Å². The number of rotatable bonds is 4. The van der Waals surface area contributed by atoms with Gasteiger partial charge in [-0.25, -0.2) is 9.18 Å². The third kappa shape index (κ3) is 4.68. The van der Waals surface area contributed by atoms with E-state index in [1.54, 1.807) is 6.92 Å². The number of halogens is 2. The molecule has 0 aromatic rings. The van der Waals surface area contributed by atoms with Crippen LogP contribution in [-0.4, -0.2) is 18.5 Å². The van der Waals surface area contributed by atoms with Gasteiger partial charge in [-0.1, -0.05) is 12.7 Å². The van der Waals surface area contributed by atoms with Gasteiger partial charge in [-0.15, -0.1) is 11.6 Å². The molecule has 0 aromatic heterocycles. The molecule has 0 rings (SSSR count). The quantitative estimate of drug-likeness (QED) is 0.306. The summed E-state index contributed by atoms with van der Waals surface area (Å²) in [6.07, 6.45) is 1.78. The predicted octanol–water partition coefficient (Wildman–Crippen LogP) is 2.59. The second-order valence-electron chi connectivity index (χ2n) is 2.53. The molecule has 0 heterocycles. The molecular formula is C9H12ClFO2. The molecule has 4 heteroatoms. The van der Waals surface area contributed by atoms with Gasteiger partial charge < -0.3 is 4.74 Å². The molecule has 0 aliphatic rings. The summed E-state index contributed by atoms with van der Waals surface area (Å²) in [6.45, 7) is 4.77. The molecule has 0 aliphatic heterocycles. The molecule has 74 valence electrons. The lowest BCUT2D eigenvalue weighted by Gasteiger charge is -2.02. The van der Waals surface area contributed by atoms with E-state index in [0.29, 0.717) is 6.42 Å². The number of allylic oxidation sites excluding steroid dienone is 1. The van der Waals surface area contributed by atoms with Crippen LogP contribution in [0.15, 0.2) is 24.1 Å². The third-order valence-corrected chi connectivity index (χ3v) is 1.52. The van der Waals surface area contributed by atoms with Crippen LogP contribution in [-0.2, 0) is 9.53 Å². The molecule has 0 aliphatic carbocycles. The highest BCUT2D eigenvalue weighted by Gasteiger charge is 2.12. The zero-order valence-electron chi connectivity index (χ0n) is 7.64. The molecule has 0 spiro atoms. The van der Waals surface area contributed by atoms with Gasteiger partial charge in [0.2, 0.25) is 0 Å². The maximum absolute atomic E-state index is 12.6. The van der Waals surface area contributed by atoms with Gasteiger partial charge in [0.25, 0.3) is 0 Å². The Morgan fingerprint density at radius 1 is 1.77 bits per heavy atom. The lowest BCUT2D eigenvalue weighted by atomic mass is 10.2. The van der Waals surface area contributed by atoms with E-state index < -0.39 is 11.8 Å². The topological polar surface area (TPSA) is 26.3 Å². The monoisotopic (exact) mass is 206 g/mol. The zero-order valence-corrected chi connectivity index (χ0v) is 8.40. The molecule has 0 fully saturated rings. The second kappa shape index (κ2) is 5.75. The Balaban J connectivity index is 4.51. The van der Waals surface area contributed by atoms with E-state index in [9.17, 15) is 9.18 Å². The van der Waals surface area contributed by atoms with Crippen LogP contribution in [0.25, 0.3) is 0 Å². The third-order valence-electron chi connectivity index (χ3n) is 1.34. The van der Waals surface area contributed by atoms with Crippen LogP contribution < -0.4 is 0 Å². The zero-order chi connectivity index (χ0) is 10.4. The van der Waals surface area contributed by atoms with E-state index in [0.717, 1.165) is 0 Å². The predicted molar refractivity (Wildman–Crippen MR) is 50.3 cm³/mol. The molecular weight excluding hydrogens is 195 g/mol. The van der Waals surface area contributed by atoms with Crippen molar-refractivity contribution in [2.24, 2.45) is 0 Å². The molecule has 0 N–H and O–H groups in total. The van der Waals surface area contributed by atoms with E-state index in [1.165, 1.54) is 13.2 Å². The number of ether oxygens (including phenoxy) is 1. The Hall–Kier alpha value is -0.830. The average Bonchev–Trinajstić information content (AvgIpc) is 2.03. The summed E-state index contributed by atoms with van der Waals surface area (Å²) < 4.78 is 17.0. The minimum Gasteiger partial charge on any atom is -0.465 e. The van der Waals surface area contributed by atoms with Crippen molar-refractivity contribution in [2.75, 3.05) is 7.11 Å². The summed E-state index contributed by atoms with van der Waals surface area (Å²) in [4.78, 5) is 10.9. The number of hydrogen-bond acceptors (Lipinski definition) is 2. The number of carbonyl (C=O) groups is 1. The van der Waals surface area contributed by atoms with Crippen molar-refractivity contribution in [1.82, 2.24) is 0 Å². The highest BCUT2D eigenvalue weighted by molar-refractivity contribution is 6.20. The van der Waals surface area contributed by atoms with Gasteiger partial charge in [0.15, 0.2) is 0 Å². The first kappa shape index (κ1) is 12.2. The minimum absolute atomic E-state index is 0.154. The maximum Gasteiger partial charge on any atom is 0.340 e. The van der Waals surface area contributed by atoms with Crippen molar-refractivity contribution in [3.63, 3.8) is 0 Å². The van der Waals surface area contributed by atoms with Crippen LogP contribution in [0.5, 0.6) is 0 Å². The summed E-state index contributed by atoms with van der Waals surface area (Å²) >= 11 is 5.63. The Labute approximate surface area is 82.0 Å². The second-order valence-corrected chi connectivity index (χ2v) is 3.28. The van der Waals surface area contributed by atoms with Gasteiger partial charge >= 0.3 is 5.97 Å². The number of carbonyl (C=O) groups excluding carboxylic acids is 1. The van der Waals surface area contributed by atoms with Crippen molar-refractivity contribution in [2.45, 2.75) is 18.7 Å². The molecule has 0 saturated carbocycles. The first-order valence-electron chi connectivity index (χ1n) is 3.76. The summed E-state index contributed by atoms with van der Waals surface area (Å²) in [6, 6.07) is 0. The highest BCUT2D eigenvalue weighted by atomic mass is 35.5. The van der Waals surface area contributed by atoms with Crippen molar-refractivity contribution in [1.29, 1.82) is 0 Å². The fraction of sp³-hybridized carbons (Fsp3) is 0.444. The average molecular weight is 207 g/mol. The van der Waals surface area contributed by atoms with Crippen LogP contribution in [0.2, 0.25) is 0 Å². The molecule has 1 unspecified atom stereocenters. The molecule has 13 heavy (non-hydrogen) atoms. The standard InChI is InChI=1S/C9H12ClFO2/c1-6(10)4-5-8(7(2)11)9(12)13-3/h5-6H,2,4H2,1,3H3/b8-5+. The lowest BCUT2D eigenvalue weighted by Crippen LogP contribution is -2.05. The SMILES string of the molecule is C=C(F)/C(=C\CC(C)Cl)C(=O)OC. The van der Waals surface area contributed by atoms with Gasteiger partial charge in [0.05, 0.1) is 12.7 Å². The summed E-state index contributed by atoms with van der Waals surface area (Å²) in [5.41, 5.74) is -0.157. The maximum atomic E-state index is 12.6. The summed E-state index contributed by atoms with van der Waals surface area (Å²) in [5, 5.41) is -0.154. The molecule has 2 nitrogen and oxygen atoms in total. The van der Waals surface area contributed by atoms with Crippen molar-refractivity contribution in [3.8, 4) is 0 Å². The molecule has 0 bridgehead atoms. The van der Waals surface area contributed by atoms with Crippen LogP contribution in [0.3, 0.4) is 0 Å². The van der Waals surface area contributed by atoms with Crippen LogP contribution in [0.4, 0.5) is 4.39 Å². The van der Waals surface area contributed by atoms with Crippen LogP contribution >= 0.6 is 11.6 Å². The Bertz CT molecular complexity index is 234. The van der Waals surface area contributed by atoms with Crippen molar-refractivity contribution in [3.05, 3.63) is 24.1 Å². The number of hydrogen-bond donors (Lipinski definition) is 0. The summed E-state index contributed by atoms with van der Waals surface area (Å²) in [5.74, 6) is -1.53. The number of methoxy groups -OCH3 is 1. The van der Waals surface area contributed by atoms with Crippen molar-refractivity contribution >= 4 is 17.6 Å². The highest BCUT2D eigenvalue weighted by Crippen LogP contribution is 2.13. The number of esters is 1.